The molecule has 6 nitrogen and oxygen atoms in total. The molecule has 1 unspecified atom stereocenters. The van der Waals surface area contributed by atoms with Crippen molar-refractivity contribution >= 4 is 33.6 Å². The number of hydrogen-bond acceptors (Lipinski definition) is 4. The van der Waals surface area contributed by atoms with Crippen LogP contribution in [0.2, 0.25) is 0 Å². The minimum atomic E-state index is -0.722. The van der Waals surface area contributed by atoms with E-state index in [-0.39, 0.29) is 6.61 Å². The summed E-state index contributed by atoms with van der Waals surface area (Å²) < 4.78 is 11.5. The molecule has 1 atom stereocenters. The van der Waals surface area contributed by atoms with E-state index in [1.807, 2.05) is 42.5 Å². The largest absolute Gasteiger partial charge is 0.496 e. The fourth-order valence-corrected chi connectivity index (χ4v) is 3.37. The van der Waals surface area contributed by atoms with Crippen LogP contribution in [-0.4, -0.2) is 25.7 Å². The number of halogens is 1. The molecule has 2 N–H and O–H groups in total. The number of esters is 1. The van der Waals surface area contributed by atoms with Crippen molar-refractivity contribution in [2.45, 2.75) is 13.0 Å². The number of benzene rings is 2. The highest BCUT2D eigenvalue weighted by Gasteiger charge is 2.35. The van der Waals surface area contributed by atoms with Gasteiger partial charge in [0.05, 0.1) is 31.0 Å². The van der Waals surface area contributed by atoms with E-state index in [0.717, 1.165) is 10.0 Å². The number of carbonyl (C=O) groups is 2. The first-order valence-corrected chi connectivity index (χ1v) is 9.22. The molecular formula is C20H19BrN2O4. The predicted octanol–water partition coefficient (Wildman–Crippen LogP) is 3.79. The number of hydrogen-bond donors (Lipinski definition) is 2. The van der Waals surface area contributed by atoms with Gasteiger partial charge in [0.1, 0.15) is 5.75 Å². The summed E-state index contributed by atoms with van der Waals surface area (Å²) in [5.74, 6) is 0.0514. The molecule has 0 saturated heterocycles. The lowest BCUT2D eigenvalue weighted by atomic mass is 9.92. The molecule has 2 aromatic rings. The van der Waals surface area contributed by atoms with Crippen molar-refractivity contribution in [2.24, 2.45) is 0 Å². The lowest BCUT2D eigenvalue weighted by Crippen LogP contribution is -2.45. The van der Waals surface area contributed by atoms with Crippen molar-refractivity contribution in [3.05, 3.63) is 69.7 Å². The lowest BCUT2D eigenvalue weighted by molar-refractivity contribution is -0.138. The Hall–Kier alpha value is -2.80. The van der Waals surface area contributed by atoms with E-state index < -0.39 is 18.0 Å². The zero-order valence-corrected chi connectivity index (χ0v) is 16.5. The van der Waals surface area contributed by atoms with Gasteiger partial charge in [-0.1, -0.05) is 46.3 Å². The van der Waals surface area contributed by atoms with Crippen molar-refractivity contribution < 1.29 is 19.1 Å². The van der Waals surface area contributed by atoms with Gasteiger partial charge in [-0.25, -0.2) is 9.59 Å². The van der Waals surface area contributed by atoms with Crippen molar-refractivity contribution in [3.8, 4) is 5.75 Å². The minimum absolute atomic E-state index is 0.223. The summed E-state index contributed by atoms with van der Waals surface area (Å²) in [5.41, 5.74) is 2.11. The van der Waals surface area contributed by atoms with Crippen LogP contribution in [0.3, 0.4) is 0 Å². The average molecular weight is 431 g/mol. The molecular weight excluding hydrogens is 412 g/mol. The highest BCUT2D eigenvalue weighted by atomic mass is 79.9. The van der Waals surface area contributed by atoms with E-state index in [1.54, 1.807) is 20.1 Å². The fourth-order valence-electron chi connectivity index (χ4n) is 2.99. The molecule has 0 aliphatic carbocycles. The van der Waals surface area contributed by atoms with Crippen LogP contribution in [0.5, 0.6) is 5.75 Å². The van der Waals surface area contributed by atoms with Crippen LogP contribution in [0.25, 0.3) is 5.70 Å². The SMILES string of the molecule is CCOC(=O)C1=C(c2ccccc2)NC(=O)NC1c1cc(Br)ccc1OC. The number of amides is 2. The van der Waals surface area contributed by atoms with E-state index >= 15 is 0 Å². The average Bonchev–Trinajstić information content (AvgIpc) is 2.68. The first-order valence-electron chi connectivity index (χ1n) is 8.42. The number of ether oxygens (including phenoxy) is 2. The Bertz CT molecular complexity index is 896. The third-order valence-corrected chi connectivity index (χ3v) is 4.63. The molecule has 27 heavy (non-hydrogen) atoms. The van der Waals surface area contributed by atoms with Gasteiger partial charge in [-0.2, -0.15) is 0 Å². The first-order chi connectivity index (χ1) is 13.0. The summed E-state index contributed by atoms with van der Waals surface area (Å²) in [6.45, 7) is 1.96. The molecule has 2 amide bonds. The summed E-state index contributed by atoms with van der Waals surface area (Å²) in [4.78, 5) is 25.2. The van der Waals surface area contributed by atoms with Crippen molar-refractivity contribution in [1.82, 2.24) is 10.6 Å². The number of carbonyl (C=O) groups excluding carboxylic acids is 2. The normalized spacial score (nSPS) is 16.4. The monoisotopic (exact) mass is 430 g/mol. The molecule has 3 rings (SSSR count). The van der Waals surface area contributed by atoms with Crippen LogP contribution < -0.4 is 15.4 Å². The zero-order valence-electron chi connectivity index (χ0n) is 14.9. The van der Waals surface area contributed by atoms with Gasteiger partial charge < -0.3 is 20.1 Å². The summed E-state index contributed by atoms with van der Waals surface area (Å²) in [6.07, 6.45) is 0. The maximum atomic E-state index is 12.8. The van der Waals surface area contributed by atoms with Gasteiger partial charge >= 0.3 is 12.0 Å². The fraction of sp³-hybridized carbons (Fsp3) is 0.200. The summed E-state index contributed by atoms with van der Waals surface area (Å²) >= 11 is 3.44. The van der Waals surface area contributed by atoms with Crippen LogP contribution in [0.1, 0.15) is 24.1 Å². The van der Waals surface area contributed by atoms with Gasteiger partial charge in [0.25, 0.3) is 0 Å². The van der Waals surface area contributed by atoms with Crippen LogP contribution in [0.4, 0.5) is 4.79 Å². The summed E-state index contributed by atoms with van der Waals surface area (Å²) in [6, 6.07) is 13.5. The van der Waals surface area contributed by atoms with Crippen LogP contribution in [0, 0.1) is 0 Å². The molecule has 1 aliphatic rings. The van der Waals surface area contributed by atoms with Crippen LogP contribution >= 0.6 is 15.9 Å². The van der Waals surface area contributed by atoms with E-state index in [0.29, 0.717) is 22.6 Å². The number of nitrogens with one attached hydrogen (secondary N) is 2. The standard InChI is InChI=1S/C20H19BrN2O4/c1-3-27-19(24)16-17(12-7-5-4-6-8-12)22-20(25)23-18(16)14-11-13(21)9-10-15(14)26-2/h4-11,18H,3H2,1-2H3,(H2,22,23,25). The molecule has 2 aromatic carbocycles. The molecule has 7 heteroatoms. The summed E-state index contributed by atoms with van der Waals surface area (Å²) in [5, 5.41) is 5.56. The van der Waals surface area contributed by atoms with E-state index in [9.17, 15) is 9.59 Å². The topological polar surface area (TPSA) is 76.7 Å². The number of rotatable bonds is 5. The van der Waals surface area contributed by atoms with Gasteiger partial charge in [0, 0.05) is 10.0 Å². The predicted molar refractivity (Wildman–Crippen MR) is 105 cm³/mol. The van der Waals surface area contributed by atoms with E-state index in [2.05, 4.69) is 26.6 Å². The third kappa shape index (κ3) is 3.98. The smallest absolute Gasteiger partial charge is 0.338 e. The lowest BCUT2D eigenvalue weighted by Gasteiger charge is -2.30. The zero-order chi connectivity index (χ0) is 19.4. The Kier molecular flexibility index (Phi) is 5.81. The second-order valence-corrected chi connectivity index (χ2v) is 6.71. The molecule has 0 radical (unpaired) electrons. The molecule has 0 fully saturated rings. The van der Waals surface area contributed by atoms with Gasteiger partial charge in [-0.3, -0.25) is 0 Å². The molecule has 0 spiro atoms. The van der Waals surface area contributed by atoms with Gasteiger partial charge in [0.2, 0.25) is 0 Å². The Balaban J connectivity index is 2.23. The van der Waals surface area contributed by atoms with Gasteiger partial charge in [-0.15, -0.1) is 0 Å². The van der Waals surface area contributed by atoms with Crippen molar-refractivity contribution in [2.75, 3.05) is 13.7 Å². The molecule has 1 heterocycles. The second kappa shape index (κ2) is 8.26. The Morgan fingerprint density at radius 1 is 1.19 bits per heavy atom. The maximum absolute atomic E-state index is 12.8. The highest BCUT2D eigenvalue weighted by molar-refractivity contribution is 9.10. The van der Waals surface area contributed by atoms with Gasteiger partial charge in [-0.05, 0) is 30.7 Å². The maximum Gasteiger partial charge on any atom is 0.338 e. The molecule has 1 aliphatic heterocycles. The van der Waals surface area contributed by atoms with Crippen LogP contribution in [-0.2, 0) is 9.53 Å². The first kappa shape index (κ1) is 19.0. The summed E-state index contributed by atoms with van der Waals surface area (Å²) in [7, 11) is 1.54. The van der Waals surface area contributed by atoms with E-state index in [4.69, 9.17) is 9.47 Å². The number of methoxy groups -OCH3 is 1. The quantitative estimate of drug-likeness (QED) is 0.707. The Morgan fingerprint density at radius 3 is 2.59 bits per heavy atom. The molecule has 0 aromatic heterocycles. The molecule has 0 bridgehead atoms. The van der Waals surface area contributed by atoms with Crippen LogP contribution in [0.15, 0.2) is 58.6 Å². The highest BCUT2D eigenvalue weighted by Crippen LogP contribution is 2.37. The Labute approximate surface area is 165 Å². The van der Waals surface area contributed by atoms with Crippen molar-refractivity contribution in [1.29, 1.82) is 0 Å². The minimum Gasteiger partial charge on any atom is -0.496 e. The second-order valence-electron chi connectivity index (χ2n) is 5.79. The van der Waals surface area contributed by atoms with E-state index in [1.165, 1.54) is 0 Å². The Morgan fingerprint density at radius 2 is 1.93 bits per heavy atom. The molecule has 0 saturated carbocycles. The molecule has 140 valence electrons. The van der Waals surface area contributed by atoms with Gasteiger partial charge in [0.15, 0.2) is 0 Å². The number of urea groups is 1. The third-order valence-electron chi connectivity index (χ3n) is 4.13. The van der Waals surface area contributed by atoms with Crippen molar-refractivity contribution in [3.63, 3.8) is 0 Å².